The van der Waals surface area contributed by atoms with Gasteiger partial charge in [-0.05, 0) is 39.3 Å². The fraction of sp³-hybridized carbons (Fsp3) is 0.812. The van der Waals surface area contributed by atoms with Gasteiger partial charge in [-0.1, -0.05) is 20.3 Å². The first-order chi connectivity index (χ1) is 10.3. The number of hydrogen-bond acceptors (Lipinski definition) is 5. The molecule has 21 heavy (non-hydrogen) atoms. The molecule has 0 fully saturated rings. The Hall–Kier alpha value is -0.490. The number of thiazole rings is 1. The molecule has 0 amide bonds. The summed E-state index contributed by atoms with van der Waals surface area (Å²) in [6.07, 6.45) is 4.96. The fourth-order valence-electron chi connectivity index (χ4n) is 2.36. The summed E-state index contributed by atoms with van der Waals surface area (Å²) in [4.78, 5) is 4.27. The Morgan fingerprint density at radius 2 is 2.00 bits per heavy atom. The molecule has 0 bridgehead atoms. The molecule has 0 saturated heterocycles. The Labute approximate surface area is 134 Å². The van der Waals surface area contributed by atoms with E-state index in [1.54, 1.807) is 11.3 Å². The van der Waals surface area contributed by atoms with Gasteiger partial charge in [-0.2, -0.15) is 0 Å². The number of rotatable bonds is 13. The van der Waals surface area contributed by atoms with Crippen molar-refractivity contribution in [3.63, 3.8) is 0 Å². The van der Waals surface area contributed by atoms with E-state index in [-0.39, 0.29) is 0 Å². The smallest absolute Gasteiger partial charge is 0.0795 e. The molecule has 122 valence electrons. The number of aromatic nitrogens is 1. The quantitative estimate of drug-likeness (QED) is 0.524. The van der Waals surface area contributed by atoms with Crippen LogP contribution in [-0.2, 0) is 6.54 Å². The van der Waals surface area contributed by atoms with Crippen molar-refractivity contribution in [1.29, 1.82) is 0 Å². The van der Waals surface area contributed by atoms with Crippen LogP contribution in [0.5, 0.6) is 0 Å². The van der Waals surface area contributed by atoms with Crippen molar-refractivity contribution >= 4 is 11.3 Å². The molecular weight excluding hydrogens is 280 g/mol. The molecule has 4 nitrogen and oxygen atoms in total. The number of nitrogens with one attached hydrogen (secondary N) is 3. The second kappa shape index (κ2) is 12.1. The van der Waals surface area contributed by atoms with E-state index in [1.165, 1.54) is 25.7 Å². The highest BCUT2D eigenvalue weighted by Gasteiger charge is 2.07. The minimum Gasteiger partial charge on any atom is -0.314 e. The monoisotopic (exact) mass is 312 g/mol. The van der Waals surface area contributed by atoms with Gasteiger partial charge in [-0.15, -0.1) is 11.3 Å². The summed E-state index contributed by atoms with van der Waals surface area (Å²) in [5.74, 6) is 0. The summed E-state index contributed by atoms with van der Waals surface area (Å²) in [5.41, 5.74) is 3.02. The highest BCUT2D eigenvalue weighted by Crippen LogP contribution is 2.02. The normalized spacial score (nSPS) is 14.2. The molecule has 0 aliphatic rings. The maximum absolute atomic E-state index is 4.27. The molecule has 0 radical (unpaired) electrons. The third-order valence-corrected chi connectivity index (χ3v) is 4.18. The zero-order valence-electron chi connectivity index (χ0n) is 13.8. The lowest BCUT2D eigenvalue weighted by molar-refractivity contribution is 0.415. The van der Waals surface area contributed by atoms with Crippen LogP contribution >= 0.6 is 11.3 Å². The first-order valence-corrected chi connectivity index (χ1v) is 9.25. The van der Waals surface area contributed by atoms with Crippen LogP contribution in [0.3, 0.4) is 0 Å². The zero-order valence-corrected chi connectivity index (χ0v) is 14.6. The van der Waals surface area contributed by atoms with Crippen LogP contribution in [0.15, 0.2) is 10.9 Å². The van der Waals surface area contributed by atoms with Gasteiger partial charge < -0.3 is 16.0 Å². The molecule has 5 heteroatoms. The first kappa shape index (κ1) is 18.6. The molecule has 0 spiro atoms. The second-order valence-corrected chi connectivity index (χ2v) is 6.41. The molecule has 1 rings (SSSR count). The van der Waals surface area contributed by atoms with Crippen LogP contribution in [0.2, 0.25) is 0 Å². The molecule has 3 N–H and O–H groups in total. The molecule has 1 heterocycles. The van der Waals surface area contributed by atoms with Crippen LogP contribution in [0.4, 0.5) is 0 Å². The first-order valence-electron chi connectivity index (χ1n) is 8.30. The SMILES string of the molecule is CCCNC(CCC)CCNC(C)CNCc1cscn1. The molecule has 0 aliphatic heterocycles. The van der Waals surface area contributed by atoms with E-state index in [2.05, 4.69) is 47.1 Å². The fourth-order valence-corrected chi connectivity index (χ4v) is 2.92. The van der Waals surface area contributed by atoms with E-state index in [1.807, 2.05) is 5.51 Å². The standard InChI is InChI=1S/C16H32N4S/c1-4-6-15(19-8-5-2)7-9-18-14(3)10-17-11-16-12-21-13-20-16/h12-15,17-19H,4-11H2,1-3H3. The van der Waals surface area contributed by atoms with E-state index in [0.717, 1.165) is 31.9 Å². The van der Waals surface area contributed by atoms with Crippen LogP contribution in [0.25, 0.3) is 0 Å². The Kier molecular flexibility index (Phi) is 10.7. The Bertz CT molecular complexity index is 329. The Morgan fingerprint density at radius 3 is 2.67 bits per heavy atom. The van der Waals surface area contributed by atoms with Gasteiger partial charge in [0, 0.05) is 30.6 Å². The second-order valence-electron chi connectivity index (χ2n) is 5.69. The van der Waals surface area contributed by atoms with Crippen LogP contribution < -0.4 is 16.0 Å². The van der Waals surface area contributed by atoms with E-state index in [9.17, 15) is 0 Å². The summed E-state index contributed by atoms with van der Waals surface area (Å²) in [6.45, 7) is 10.8. The van der Waals surface area contributed by atoms with Gasteiger partial charge in [0.2, 0.25) is 0 Å². The van der Waals surface area contributed by atoms with Crippen LogP contribution in [0, 0.1) is 0 Å². The van der Waals surface area contributed by atoms with Crippen LogP contribution in [0.1, 0.15) is 52.1 Å². The van der Waals surface area contributed by atoms with E-state index < -0.39 is 0 Å². The molecule has 1 aromatic heterocycles. The average molecular weight is 313 g/mol. The minimum atomic E-state index is 0.497. The van der Waals surface area contributed by atoms with Crippen LogP contribution in [-0.4, -0.2) is 36.7 Å². The van der Waals surface area contributed by atoms with Crippen molar-refractivity contribution < 1.29 is 0 Å². The molecule has 0 aliphatic carbocycles. The van der Waals surface area contributed by atoms with Crippen molar-refractivity contribution in [2.75, 3.05) is 19.6 Å². The molecule has 2 unspecified atom stereocenters. The van der Waals surface area contributed by atoms with Crippen molar-refractivity contribution in [2.24, 2.45) is 0 Å². The Morgan fingerprint density at radius 1 is 1.14 bits per heavy atom. The van der Waals surface area contributed by atoms with Crippen molar-refractivity contribution in [3.8, 4) is 0 Å². The van der Waals surface area contributed by atoms with Gasteiger partial charge >= 0.3 is 0 Å². The molecular formula is C16H32N4S. The Balaban J connectivity index is 2.06. The number of hydrogen-bond donors (Lipinski definition) is 3. The predicted molar refractivity (Wildman–Crippen MR) is 92.9 cm³/mol. The van der Waals surface area contributed by atoms with Gasteiger partial charge in [-0.3, -0.25) is 0 Å². The lowest BCUT2D eigenvalue weighted by atomic mass is 10.1. The minimum absolute atomic E-state index is 0.497. The van der Waals surface area contributed by atoms with Gasteiger partial charge in [0.15, 0.2) is 0 Å². The number of nitrogens with zero attached hydrogens (tertiary/aromatic N) is 1. The van der Waals surface area contributed by atoms with Gasteiger partial charge in [0.1, 0.15) is 0 Å². The molecule has 0 aromatic carbocycles. The van der Waals surface area contributed by atoms with Crippen molar-refractivity contribution in [3.05, 3.63) is 16.6 Å². The third kappa shape index (κ3) is 9.19. The van der Waals surface area contributed by atoms with Crippen molar-refractivity contribution in [2.45, 2.75) is 65.1 Å². The van der Waals surface area contributed by atoms with Gasteiger partial charge in [-0.25, -0.2) is 4.98 Å². The maximum Gasteiger partial charge on any atom is 0.0795 e. The van der Waals surface area contributed by atoms with Gasteiger partial charge in [0.05, 0.1) is 11.2 Å². The highest BCUT2D eigenvalue weighted by atomic mass is 32.1. The van der Waals surface area contributed by atoms with E-state index in [0.29, 0.717) is 12.1 Å². The van der Waals surface area contributed by atoms with Gasteiger partial charge in [0.25, 0.3) is 0 Å². The summed E-state index contributed by atoms with van der Waals surface area (Å²) >= 11 is 1.65. The lowest BCUT2D eigenvalue weighted by Gasteiger charge is -2.20. The third-order valence-electron chi connectivity index (χ3n) is 3.55. The van der Waals surface area contributed by atoms with E-state index in [4.69, 9.17) is 0 Å². The molecule has 2 atom stereocenters. The average Bonchev–Trinajstić information content (AvgIpc) is 2.98. The highest BCUT2D eigenvalue weighted by molar-refractivity contribution is 7.07. The van der Waals surface area contributed by atoms with E-state index >= 15 is 0 Å². The summed E-state index contributed by atoms with van der Waals surface area (Å²) < 4.78 is 0. The molecule has 1 aromatic rings. The molecule has 0 saturated carbocycles. The topological polar surface area (TPSA) is 49.0 Å². The largest absolute Gasteiger partial charge is 0.314 e. The van der Waals surface area contributed by atoms with Crippen molar-refractivity contribution in [1.82, 2.24) is 20.9 Å². The predicted octanol–water partition coefficient (Wildman–Crippen LogP) is 2.77. The summed E-state index contributed by atoms with van der Waals surface area (Å²) in [7, 11) is 0. The maximum atomic E-state index is 4.27. The summed E-state index contributed by atoms with van der Waals surface area (Å²) in [5, 5.41) is 12.8. The lowest BCUT2D eigenvalue weighted by Crippen LogP contribution is -2.39. The summed E-state index contributed by atoms with van der Waals surface area (Å²) in [6, 6.07) is 1.16. The zero-order chi connectivity index (χ0) is 15.3.